The van der Waals surface area contributed by atoms with Gasteiger partial charge in [-0.2, -0.15) is 13.2 Å². The number of benzene rings is 1. The largest absolute Gasteiger partial charge is 0.475 e. The molecule has 142 valence electrons. The van der Waals surface area contributed by atoms with Crippen molar-refractivity contribution in [2.75, 3.05) is 6.61 Å². The highest BCUT2D eigenvalue weighted by Gasteiger charge is 2.48. The molecule has 3 nitrogen and oxygen atoms in total. The highest BCUT2D eigenvalue weighted by molar-refractivity contribution is 5.96. The number of hydrogen-bond acceptors (Lipinski definition) is 3. The summed E-state index contributed by atoms with van der Waals surface area (Å²) < 4.78 is 50.1. The molecule has 0 saturated heterocycles. The third-order valence-corrected chi connectivity index (χ3v) is 4.97. The van der Waals surface area contributed by atoms with Gasteiger partial charge in [-0.25, -0.2) is 4.79 Å². The van der Waals surface area contributed by atoms with Crippen molar-refractivity contribution in [3.05, 3.63) is 34.9 Å². The van der Waals surface area contributed by atoms with E-state index in [0.29, 0.717) is 11.5 Å². The third kappa shape index (κ3) is 4.22. The first kappa shape index (κ1) is 18.8. The Morgan fingerprint density at radius 1 is 1.23 bits per heavy atom. The number of alkyl halides is 3. The number of esters is 1. The second-order valence-electron chi connectivity index (χ2n) is 6.94. The van der Waals surface area contributed by atoms with E-state index in [2.05, 4.69) is 0 Å². The molecule has 1 aromatic rings. The molecule has 1 heterocycles. The molecule has 6 heteroatoms. The SMILES string of the molecule is CCOC(=O)C1=Cc2ccc(CC3CCCCC3)cc2OC1C(F)(F)F. The van der Waals surface area contributed by atoms with Crippen molar-refractivity contribution in [2.24, 2.45) is 5.92 Å². The molecule has 26 heavy (non-hydrogen) atoms. The summed E-state index contributed by atoms with van der Waals surface area (Å²) in [6.45, 7) is 1.56. The molecule has 2 aliphatic rings. The lowest BCUT2D eigenvalue weighted by Crippen LogP contribution is -2.40. The molecular weight excluding hydrogens is 345 g/mol. The normalized spacial score (nSPS) is 20.8. The molecule has 0 aromatic heterocycles. The number of carbonyl (C=O) groups excluding carboxylic acids is 1. The van der Waals surface area contributed by atoms with Crippen molar-refractivity contribution in [1.29, 1.82) is 0 Å². The molecule has 1 aliphatic carbocycles. The number of fused-ring (bicyclic) bond motifs is 1. The summed E-state index contributed by atoms with van der Waals surface area (Å²) in [5.41, 5.74) is 0.942. The first-order valence-corrected chi connectivity index (χ1v) is 9.13. The molecule has 1 unspecified atom stereocenters. The van der Waals surface area contributed by atoms with Crippen LogP contribution in [0, 0.1) is 5.92 Å². The number of hydrogen-bond donors (Lipinski definition) is 0. The number of halogens is 3. The minimum atomic E-state index is -4.68. The predicted octanol–water partition coefficient (Wildman–Crippen LogP) is 5.08. The van der Waals surface area contributed by atoms with Crippen LogP contribution in [0.25, 0.3) is 6.08 Å². The first-order valence-electron chi connectivity index (χ1n) is 9.13. The Bertz CT molecular complexity index is 688. The molecule has 3 rings (SSSR count). The highest BCUT2D eigenvalue weighted by Crippen LogP contribution is 2.38. The van der Waals surface area contributed by atoms with Gasteiger partial charge >= 0.3 is 12.1 Å². The molecular formula is C20H23F3O3. The van der Waals surface area contributed by atoms with Gasteiger partial charge in [-0.05, 0) is 37.0 Å². The van der Waals surface area contributed by atoms with Gasteiger partial charge in [0, 0.05) is 5.56 Å². The molecule has 1 aliphatic heterocycles. The van der Waals surface area contributed by atoms with Gasteiger partial charge in [-0.3, -0.25) is 0 Å². The zero-order chi connectivity index (χ0) is 18.7. The van der Waals surface area contributed by atoms with Crippen molar-refractivity contribution in [3.8, 4) is 5.75 Å². The van der Waals surface area contributed by atoms with Crippen molar-refractivity contribution < 1.29 is 27.4 Å². The van der Waals surface area contributed by atoms with E-state index >= 15 is 0 Å². The van der Waals surface area contributed by atoms with Crippen LogP contribution in [-0.4, -0.2) is 24.9 Å². The number of carbonyl (C=O) groups is 1. The maximum Gasteiger partial charge on any atom is 0.430 e. The maximum absolute atomic E-state index is 13.4. The van der Waals surface area contributed by atoms with E-state index in [4.69, 9.17) is 9.47 Å². The average molecular weight is 368 g/mol. The lowest BCUT2D eigenvalue weighted by atomic mass is 9.84. The minimum Gasteiger partial charge on any atom is -0.475 e. The minimum absolute atomic E-state index is 0.00787. The Hall–Kier alpha value is -1.98. The van der Waals surface area contributed by atoms with Crippen molar-refractivity contribution in [2.45, 2.75) is 57.7 Å². The molecule has 1 aromatic carbocycles. The number of ether oxygens (including phenoxy) is 2. The van der Waals surface area contributed by atoms with E-state index in [-0.39, 0.29) is 12.4 Å². The zero-order valence-corrected chi connectivity index (χ0v) is 14.8. The van der Waals surface area contributed by atoms with E-state index in [1.54, 1.807) is 19.1 Å². The van der Waals surface area contributed by atoms with Gasteiger partial charge in [0.25, 0.3) is 0 Å². The average Bonchev–Trinajstić information content (AvgIpc) is 2.61. The summed E-state index contributed by atoms with van der Waals surface area (Å²) in [7, 11) is 0. The molecule has 0 N–H and O–H groups in total. The van der Waals surface area contributed by atoms with Gasteiger partial charge in [0.1, 0.15) is 5.75 Å². The van der Waals surface area contributed by atoms with Crippen LogP contribution in [0.4, 0.5) is 13.2 Å². The van der Waals surface area contributed by atoms with Gasteiger partial charge in [0.15, 0.2) is 0 Å². The van der Waals surface area contributed by atoms with Gasteiger partial charge < -0.3 is 9.47 Å². The van der Waals surface area contributed by atoms with Gasteiger partial charge in [0.05, 0.1) is 12.2 Å². The fourth-order valence-corrected chi connectivity index (χ4v) is 3.71. The highest BCUT2D eigenvalue weighted by atomic mass is 19.4. The Balaban J connectivity index is 1.86. The van der Waals surface area contributed by atoms with Crippen LogP contribution in [0.5, 0.6) is 5.75 Å². The lowest BCUT2D eigenvalue weighted by Gasteiger charge is -2.28. The summed E-state index contributed by atoms with van der Waals surface area (Å²) in [5, 5.41) is 0. The molecule has 1 atom stereocenters. The van der Waals surface area contributed by atoms with Gasteiger partial charge in [-0.1, -0.05) is 44.2 Å². The van der Waals surface area contributed by atoms with Crippen LogP contribution < -0.4 is 4.74 Å². The van der Waals surface area contributed by atoms with Crippen molar-refractivity contribution in [3.63, 3.8) is 0 Å². The van der Waals surface area contributed by atoms with E-state index < -0.39 is 23.8 Å². The molecule has 1 saturated carbocycles. The third-order valence-electron chi connectivity index (χ3n) is 4.97. The van der Waals surface area contributed by atoms with Crippen LogP contribution in [0.1, 0.15) is 50.2 Å². The first-order chi connectivity index (χ1) is 12.4. The predicted molar refractivity (Wildman–Crippen MR) is 91.8 cm³/mol. The van der Waals surface area contributed by atoms with Crippen LogP contribution >= 0.6 is 0 Å². The smallest absolute Gasteiger partial charge is 0.430 e. The van der Waals surface area contributed by atoms with Crippen LogP contribution in [0.3, 0.4) is 0 Å². The summed E-state index contributed by atoms with van der Waals surface area (Å²) in [6, 6.07) is 5.31. The second-order valence-corrected chi connectivity index (χ2v) is 6.94. The monoisotopic (exact) mass is 368 g/mol. The molecule has 0 spiro atoms. The molecule has 0 amide bonds. The zero-order valence-electron chi connectivity index (χ0n) is 14.8. The maximum atomic E-state index is 13.4. The molecule has 1 fully saturated rings. The standard InChI is InChI=1S/C20H23F3O3/c1-2-25-19(24)16-12-15-9-8-14(10-13-6-4-3-5-7-13)11-17(15)26-18(16)20(21,22)23/h8-9,11-13,18H,2-7,10H2,1H3. The van der Waals surface area contributed by atoms with Crippen molar-refractivity contribution >= 4 is 12.0 Å². The summed E-state index contributed by atoms with van der Waals surface area (Å²) in [4.78, 5) is 11.9. The van der Waals surface area contributed by atoms with Crippen molar-refractivity contribution in [1.82, 2.24) is 0 Å². The van der Waals surface area contributed by atoms with Crippen LogP contribution in [0.15, 0.2) is 23.8 Å². The second kappa shape index (κ2) is 7.72. The fourth-order valence-electron chi connectivity index (χ4n) is 3.71. The van der Waals surface area contributed by atoms with E-state index in [1.165, 1.54) is 25.3 Å². The Kier molecular flexibility index (Phi) is 5.58. The van der Waals surface area contributed by atoms with E-state index in [0.717, 1.165) is 24.8 Å². The fraction of sp³-hybridized carbons (Fsp3) is 0.550. The van der Waals surface area contributed by atoms with Crippen LogP contribution in [0.2, 0.25) is 0 Å². The summed E-state index contributed by atoms with van der Waals surface area (Å²) in [5.74, 6) is -0.241. The Labute approximate surface area is 151 Å². The Morgan fingerprint density at radius 3 is 2.62 bits per heavy atom. The summed E-state index contributed by atoms with van der Waals surface area (Å²) in [6.07, 6.45) is 1.13. The van der Waals surface area contributed by atoms with E-state index in [1.807, 2.05) is 6.07 Å². The van der Waals surface area contributed by atoms with Gasteiger partial charge in [0.2, 0.25) is 6.10 Å². The molecule has 0 radical (unpaired) electrons. The number of rotatable bonds is 4. The summed E-state index contributed by atoms with van der Waals surface area (Å²) >= 11 is 0. The topological polar surface area (TPSA) is 35.5 Å². The quantitative estimate of drug-likeness (QED) is 0.696. The lowest BCUT2D eigenvalue weighted by molar-refractivity contribution is -0.187. The molecule has 0 bridgehead atoms. The Morgan fingerprint density at radius 2 is 1.96 bits per heavy atom. The van der Waals surface area contributed by atoms with Gasteiger partial charge in [-0.15, -0.1) is 0 Å². The van der Waals surface area contributed by atoms with Crippen LogP contribution in [-0.2, 0) is 16.0 Å². The van der Waals surface area contributed by atoms with E-state index in [9.17, 15) is 18.0 Å².